The average molecular weight is 410 g/mol. The number of aliphatic hydroxyl groups is 1. The molecule has 0 aliphatic carbocycles. The van der Waals surface area contributed by atoms with E-state index in [1.807, 2.05) is 41.3 Å². The highest BCUT2D eigenvalue weighted by molar-refractivity contribution is 5.94. The highest BCUT2D eigenvalue weighted by Gasteiger charge is 2.24. The first-order valence-corrected chi connectivity index (χ1v) is 11.0. The predicted molar refractivity (Wildman–Crippen MR) is 118 cm³/mol. The van der Waals surface area contributed by atoms with Crippen LogP contribution in [0.5, 0.6) is 0 Å². The van der Waals surface area contributed by atoms with Crippen LogP contribution < -0.4 is 10.2 Å². The first kappa shape index (κ1) is 20.6. The SMILES string of the molecule is O=C(c1ccccc1)N1CCC(CNc2cc(N3CCCC(CO)C3)ncn2)CC1. The van der Waals surface area contributed by atoms with Crippen LogP contribution in [0.2, 0.25) is 0 Å². The molecule has 1 aromatic heterocycles. The summed E-state index contributed by atoms with van der Waals surface area (Å²) in [5.41, 5.74) is 0.767. The third-order valence-corrected chi connectivity index (χ3v) is 6.25. The molecule has 7 nitrogen and oxygen atoms in total. The van der Waals surface area contributed by atoms with Crippen molar-refractivity contribution in [1.29, 1.82) is 0 Å². The lowest BCUT2D eigenvalue weighted by Crippen LogP contribution is -2.40. The zero-order valence-electron chi connectivity index (χ0n) is 17.4. The highest BCUT2D eigenvalue weighted by Crippen LogP contribution is 2.23. The van der Waals surface area contributed by atoms with Crippen LogP contribution in [0.3, 0.4) is 0 Å². The van der Waals surface area contributed by atoms with Crippen molar-refractivity contribution < 1.29 is 9.90 Å². The second-order valence-corrected chi connectivity index (χ2v) is 8.38. The third kappa shape index (κ3) is 5.08. The summed E-state index contributed by atoms with van der Waals surface area (Å²) in [7, 11) is 0. The van der Waals surface area contributed by atoms with Gasteiger partial charge < -0.3 is 20.2 Å². The van der Waals surface area contributed by atoms with Crippen LogP contribution in [0, 0.1) is 11.8 Å². The number of aromatic nitrogens is 2. The van der Waals surface area contributed by atoms with Crippen molar-refractivity contribution in [1.82, 2.24) is 14.9 Å². The number of amides is 1. The first-order valence-electron chi connectivity index (χ1n) is 11.0. The van der Waals surface area contributed by atoms with Gasteiger partial charge in [0.1, 0.15) is 18.0 Å². The van der Waals surface area contributed by atoms with E-state index in [0.29, 0.717) is 11.8 Å². The molecule has 1 unspecified atom stereocenters. The number of hydrogen-bond acceptors (Lipinski definition) is 6. The number of benzene rings is 1. The quantitative estimate of drug-likeness (QED) is 0.763. The van der Waals surface area contributed by atoms with E-state index in [2.05, 4.69) is 20.2 Å². The second kappa shape index (κ2) is 9.89. The van der Waals surface area contributed by atoms with E-state index in [1.54, 1.807) is 6.33 Å². The van der Waals surface area contributed by atoms with Gasteiger partial charge in [0, 0.05) is 51.0 Å². The standard InChI is InChI=1S/C23H31N5O2/c29-16-19-5-4-10-28(15-19)22-13-21(25-17-26-22)24-14-18-8-11-27(12-9-18)23(30)20-6-2-1-3-7-20/h1-3,6-7,13,17-19,29H,4-5,8-12,14-16H2,(H,24,25,26). The third-order valence-electron chi connectivity index (χ3n) is 6.25. The van der Waals surface area contributed by atoms with E-state index < -0.39 is 0 Å². The Bertz CT molecular complexity index is 823. The number of carbonyl (C=O) groups excluding carboxylic acids is 1. The fraction of sp³-hybridized carbons (Fsp3) is 0.522. The normalized spacial score (nSPS) is 20.2. The molecule has 2 aliphatic rings. The fourth-order valence-corrected chi connectivity index (χ4v) is 4.39. The van der Waals surface area contributed by atoms with Gasteiger partial charge in [0.15, 0.2) is 0 Å². The molecule has 0 saturated carbocycles. The number of anilines is 2. The molecular weight excluding hydrogens is 378 g/mol. The summed E-state index contributed by atoms with van der Waals surface area (Å²) in [5.74, 6) is 2.75. The van der Waals surface area contributed by atoms with E-state index in [4.69, 9.17) is 0 Å². The zero-order chi connectivity index (χ0) is 20.8. The second-order valence-electron chi connectivity index (χ2n) is 8.38. The summed E-state index contributed by atoms with van der Waals surface area (Å²) in [6.07, 6.45) is 5.76. The molecule has 0 spiro atoms. The maximum absolute atomic E-state index is 12.6. The number of aliphatic hydroxyl groups excluding tert-OH is 1. The Kier molecular flexibility index (Phi) is 6.79. The largest absolute Gasteiger partial charge is 0.396 e. The molecule has 2 saturated heterocycles. The first-order chi connectivity index (χ1) is 14.7. The number of nitrogens with zero attached hydrogens (tertiary/aromatic N) is 4. The Balaban J connectivity index is 1.26. The van der Waals surface area contributed by atoms with Gasteiger partial charge in [0.25, 0.3) is 5.91 Å². The average Bonchev–Trinajstić information content (AvgIpc) is 2.83. The highest BCUT2D eigenvalue weighted by atomic mass is 16.3. The molecular formula is C23H31N5O2. The maximum Gasteiger partial charge on any atom is 0.253 e. The van der Waals surface area contributed by atoms with Gasteiger partial charge in [-0.2, -0.15) is 0 Å². The van der Waals surface area contributed by atoms with Crippen molar-refractivity contribution in [3.63, 3.8) is 0 Å². The minimum absolute atomic E-state index is 0.130. The van der Waals surface area contributed by atoms with Crippen LogP contribution in [-0.4, -0.2) is 65.2 Å². The summed E-state index contributed by atoms with van der Waals surface area (Å²) in [5, 5.41) is 12.9. The molecule has 2 N–H and O–H groups in total. The molecule has 0 bridgehead atoms. The summed E-state index contributed by atoms with van der Waals surface area (Å²) < 4.78 is 0. The molecule has 1 atom stereocenters. The number of nitrogens with one attached hydrogen (secondary N) is 1. The van der Waals surface area contributed by atoms with Gasteiger partial charge in [-0.05, 0) is 49.7 Å². The molecule has 2 aromatic rings. The van der Waals surface area contributed by atoms with Crippen LogP contribution in [0.15, 0.2) is 42.7 Å². The molecule has 7 heteroatoms. The topological polar surface area (TPSA) is 81.6 Å². The molecule has 4 rings (SSSR count). The molecule has 30 heavy (non-hydrogen) atoms. The molecule has 160 valence electrons. The monoisotopic (exact) mass is 409 g/mol. The van der Waals surface area contributed by atoms with E-state index in [1.165, 1.54) is 0 Å². The summed E-state index contributed by atoms with van der Waals surface area (Å²) in [6.45, 7) is 4.50. The number of piperidine rings is 2. The molecule has 1 amide bonds. The molecule has 2 fully saturated rings. The van der Waals surface area contributed by atoms with Gasteiger partial charge in [-0.15, -0.1) is 0 Å². The number of rotatable bonds is 6. The Labute approximate surface area is 178 Å². The lowest BCUT2D eigenvalue weighted by molar-refractivity contribution is 0.0695. The molecule has 3 heterocycles. The number of carbonyl (C=O) groups is 1. The summed E-state index contributed by atoms with van der Waals surface area (Å²) in [6, 6.07) is 11.5. The fourth-order valence-electron chi connectivity index (χ4n) is 4.39. The van der Waals surface area contributed by atoms with E-state index in [0.717, 1.165) is 75.6 Å². The molecule has 1 aromatic carbocycles. The molecule has 2 aliphatic heterocycles. The minimum atomic E-state index is 0.130. The van der Waals surface area contributed by atoms with Gasteiger partial charge in [-0.25, -0.2) is 9.97 Å². The van der Waals surface area contributed by atoms with Crippen LogP contribution in [0.1, 0.15) is 36.0 Å². The van der Waals surface area contributed by atoms with E-state index >= 15 is 0 Å². The summed E-state index contributed by atoms with van der Waals surface area (Å²) >= 11 is 0. The Morgan fingerprint density at radius 1 is 1.07 bits per heavy atom. The van der Waals surface area contributed by atoms with Gasteiger partial charge in [-0.3, -0.25) is 4.79 Å². The Hall–Kier alpha value is -2.67. The van der Waals surface area contributed by atoms with E-state index in [-0.39, 0.29) is 12.5 Å². The van der Waals surface area contributed by atoms with Crippen molar-refractivity contribution >= 4 is 17.5 Å². The van der Waals surface area contributed by atoms with Crippen molar-refractivity contribution in [3.8, 4) is 0 Å². The lowest BCUT2D eigenvalue weighted by atomic mass is 9.96. The summed E-state index contributed by atoms with van der Waals surface area (Å²) in [4.78, 5) is 25.6. The van der Waals surface area contributed by atoms with Crippen molar-refractivity contribution in [2.75, 3.05) is 49.5 Å². The number of likely N-dealkylation sites (tertiary alicyclic amines) is 1. The lowest BCUT2D eigenvalue weighted by Gasteiger charge is -2.33. The predicted octanol–water partition coefficient (Wildman–Crippen LogP) is 2.65. The zero-order valence-corrected chi connectivity index (χ0v) is 17.4. The van der Waals surface area contributed by atoms with Gasteiger partial charge >= 0.3 is 0 Å². The van der Waals surface area contributed by atoms with Gasteiger partial charge in [0.2, 0.25) is 0 Å². The van der Waals surface area contributed by atoms with Crippen molar-refractivity contribution in [2.24, 2.45) is 11.8 Å². The van der Waals surface area contributed by atoms with Gasteiger partial charge in [0.05, 0.1) is 0 Å². The van der Waals surface area contributed by atoms with Crippen LogP contribution in [-0.2, 0) is 0 Å². The van der Waals surface area contributed by atoms with Crippen LogP contribution in [0.4, 0.5) is 11.6 Å². The van der Waals surface area contributed by atoms with E-state index in [9.17, 15) is 9.90 Å². The number of hydrogen-bond donors (Lipinski definition) is 2. The van der Waals surface area contributed by atoms with Crippen molar-refractivity contribution in [3.05, 3.63) is 48.3 Å². The van der Waals surface area contributed by atoms with Crippen LogP contribution in [0.25, 0.3) is 0 Å². The Morgan fingerprint density at radius 3 is 2.63 bits per heavy atom. The van der Waals surface area contributed by atoms with Crippen LogP contribution >= 0.6 is 0 Å². The van der Waals surface area contributed by atoms with Crippen molar-refractivity contribution in [2.45, 2.75) is 25.7 Å². The maximum atomic E-state index is 12.6. The molecule has 0 radical (unpaired) electrons. The minimum Gasteiger partial charge on any atom is -0.396 e. The smallest absolute Gasteiger partial charge is 0.253 e. The Morgan fingerprint density at radius 2 is 1.87 bits per heavy atom. The van der Waals surface area contributed by atoms with Gasteiger partial charge in [-0.1, -0.05) is 18.2 Å².